The highest BCUT2D eigenvalue weighted by Gasteiger charge is 2.52. The molecule has 2 aliphatic heterocycles. The van der Waals surface area contributed by atoms with Crippen LogP contribution >= 0.6 is 11.3 Å². The summed E-state index contributed by atoms with van der Waals surface area (Å²) >= 11 is 1.54. The molecule has 37 heavy (non-hydrogen) atoms. The summed E-state index contributed by atoms with van der Waals surface area (Å²) < 4.78 is 5.59. The molecule has 4 unspecified atom stereocenters. The maximum absolute atomic E-state index is 13.3. The first-order valence-electron chi connectivity index (χ1n) is 12.7. The number of carbonyl (C=O) groups excluding carboxylic acids is 3. The highest BCUT2D eigenvalue weighted by Crippen LogP contribution is 2.43. The molecule has 1 N–H and O–H groups in total. The molecule has 4 atom stereocenters. The number of amides is 3. The Labute approximate surface area is 221 Å². The molecule has 1 aliphatic carbocycles. The number of likely N-dealkylation sites (tertiary alicyclic amines) is 1. The zero-order valence-electron chi connectivity index (χ0n) is 21.6. The summed E-state index contributed by atoms with van der Waals surface area (Å²) in [6.07, 6.45) is 2.92. The van der Waals surface area contributed by atoms with Crippen LogP contribution in [-0.4, -0.2) is 53.6 Å². The quantitative estimate of drug-likeness (QED) is 0.634. The van der Waals surface area contributed by atoms with E-state index in [4.69, 9.17) is 4.74 Å². The monoisotopic (exact) mass is 520 g/mol. The number of hydrogen-bond acceptors (Lipinski definition) is 6. The molecule has 3 amide bonds. The van der Waals surface area contributed by atoms with Gasteiger partial charge in [0.2, 0.25) is 11.8 Å². The molecule has 0 radical (unpaired) electrons. The summed E-state index contributed by atoms with van der Waals surface area (Å²) in [6.45, 7) is 5.45. The predicted octanol–water partition coefficient (Wildman–Crippen LogP) is 4.27. The van der Waals surface area contributed by atoms with Gasteiger partial charge >= 0.3 is 6.09 Å². The fourth-order valence-electron chi connectivity index (χ4n) is 5.75. The van der Waals surface area contributed by atoms with Gasteiger partial charge in [-0.2, -0.15) is 5.26 Å². The topological polar surface area (TPSA) is 103 Å². The lowest BCUT2D eigenvalue weighted by molar-refractivity contribution is -0.128. The van der Waals surface area contributed by atoms with Gasteiger partial charge in [0.1, 0.15) is 17.7 Å². The Kier molecular flexibility index (Phi) is 6.48. The van der Waals surface area contributed by atoms with Crippen molar-refractivity contribution in [3.8, 4) is 17.2 Å². The molecular formula is C28H32N4O4S. The van der Waals surface area contributed by atoms with Gasteiger partial charge < -0.3 is 15.0 Å². The van der Waals surface area contributed by atoms with Crippen molar-refractivity contribution in [2.75, 3.05) is 11.9 Å². The average molecular weight is 521 g/mol. The van der Waals surface area contributed by atoms with E-state index in [2.05, 4.69) is 11.4 Å². The third kappa shape index (κ3) is 4.95. The Morgan fingerprint density at radius 2 is 2.03 bits per heavy atom. The van der Waals surface area contributed by atoms with Crippen LogP contribution in [0.4, 0.5) is 10.5 Å². The van der Waals surface area contributed by atoms with Crippen LogP contribution in [0.1, 0.15) is 50.5 Å². The molecule has 2 fully saturated rings. The number of ether oxygens (including phenoxy) is 1. The van der Waals surface area contributed by atoms with E-state index in [0.29, 0.717) is 12.8 Å². The van der Waals surface area contributed by atoms with Gasteiger partial charge in [-0.25, -0.2) is 4.79 Å². The van der Waals surface area contributed by atoms with E-state index in [9.17, 15) is 19.6 Å². The first-order chi connectivity index (χ1) is 17.5. The molecule has 1 saturated carbocycles. The zero-order valence-corrected chi connectivity index (χ0v) is 22.4. The van der Waals surface area contributed by atoms with Gasteiger partial charge in [-0.05, 0) is 80.2 Å². The van der Waals surface area contributed by atoms with Crippen molar-refractivity contribution in [3.05, 3.63) is 40.1 Å². The van der Waals surface area contributed by atoms with Gasteiger partial charge in [-0.15, -0.1) is 11.3 Å². The number of likely N-dealkylation sites (N-methyl/N-ethyl adjacent to an activating group) is 1. The van der Waals surface area contributed by atoms with Crippen LogP contribution in [0.25, 0.3) is 11.1 Å². The largest absolute Gasteiger partial charge is 0.444 e. The third-order valence-electron chi connectivity index (χ3n) is 7.49. The van der Waals surface area contributed by atoms with Gasteiger partial charge in [0, 0.05) is 30.1 Å². The van der Waals surface area contributed by atoms with Crippen LogP contribution in [0, 0.1) is 17.2 Å². The van der Waals surface area contributed by atoms with Crippen molar-refractivity contribution in [1.29, 1.82) is 5.26 Å². The molecule has 1 saturated heterocycles. The second-order valence-electron chi connectivity index (χ2n) is 11.2. The number of anilines is 1. The summed E-state index contributed by atoms with van der Waals surface area (Å²) in [4.78, 5) is 42.5. The first kappa shape index (κ1) is 25.3. The summed E-state index contributed by atoms with van der Waals surface area (Å²) in [5, 5.41) is 14.7. The Morgan fingerprint density at radius 3 is 2.76 bits per heavy atom. The number of benzene rings is 1. The van der Waals surface area contributed by atoms with E-state index in [1.165, 1.54) is 11.3 Å². The van der Waals surface area contributed by atoms with Crippen molar-refractivity contribution in [1.82, 2.24) is 10.2 Å². The van der Waals surface area contributed by atoms with Crippen LogP contribution in [-0.2, 0) is 27.2 Å². The maximum Gasteiger partial charge on any atom is 0.411 e. The van der Waals surface area contributed by atoms with Crippen LogP contribution in [0.3, 0.4) is 0 Å². The van der Waals surface area contributed by atoms with E-state index in [-0.39, 0.29) is 23.8 Å². The number of fused-ring (bicyclic) bond motifs is 3. The lowest BCUT2D eigenvalue weighted by Gasteiger charge is -2.35. The predicted molar refractivity (Wildman–Crippen MR) is 141 cm³/mol. The number of thiophene rings is 1. The molecule has 9 heteroatoms. The minimum Gasteiger partial charge on any atom is -0.444 e. The van der Waals surface area contributed by atoms with Gasteiger partial charge in [0.25, 0.3) is 0 Å². The Morgan fingerprint density at radius 1 is 1.24 bits per heavy atom. The Balaban J connectivity index is 1.26. The van der Waals surface area contributed by atoms with Crippen molar-refractivity contribution < 1.29 is 19.1 Å². The van der Waals surface area contributed by atoms with Crippen molar-refractivity contribution in [2.24, 2.45) is 5.92 Å². The molecule has 3 heterocycles. The molecule has 2 aromatic rings. The molecule has 1 aromatic heterocycles. The molecule has 2 bridgehead atoms. The number of carbonyl (C=O) groups is 3. The Bertz CT molecular complexity index is 1290. The highest BCUT2D eigenvalue weighted by molar-refractivity contribution is 7.10. The molecular weight excluding hydrogens is 488 g/mol. The van der Waals surface area contributed by atoms with Gasteiger partial charge in [0.05, 0.1) is 12.5 Å². The zero-order chi connectivity index (χ0) is 26.5. The Hall–Kier alpha value is -3.38. The standard InChI is InChI=1S/C28H32N4O4S/c1-28(2,3)36-27(35)32-21-8-7-18(9-21)25(32)26(34)30-20(14-29)13-22-10-19(15-37-22)16-5-6-17-12-24(33)31(4)23(17)11-16/h5-6,10-11,15,18,20-21,25H,7-9,12-13H2,1-4H3,(H,30,34). The second-order valence-corrected chi connectivity index (χ2v) is 12.2. The second kappa shape index (κ2) is 9.49. The van der Waals surface area contributed by atoms with Crippen LogP contribution in [0.5, 0.6) is 0 Å². The van der Waals surface area contributed by atoms with E-state index in [1.54, 1.807) is 16.8 Å². The van der Waals surface area contributed by atoms with Gasteiger partial charge in [-0.1, -0.05) is 12.1 Å². The van der Waals surface area contributed by atoms with Crippen molar-refractivity contribution in [3.63, 3.8) is 0 Å². The van der Waals surface area contributed by atoms with E-state index < -0.39 is 23.8 Å². The number of rotatable bonds is 5. The van der Waals surface area contributed by atoms with E-state index in [1.807, 2.05) is 50.4 Å². The normalized spacial score (nSPS) is 23.1. The molecule has 1 aromatic carbocycles. The summed E-state index contributed by atoms with van der Waals surface area (Å²) in [5.74, 6) is -0.103. The third-order valence-corrected chi connectivity index (χ3v) is 8.44. The fraction of sp³-hybridized carbons (Fsp3) is 0.500. The fourth-order valence-corrected chi connectivity index (χ4v) is 6.69. The maximum atomic E-state index is 13.3. The molecule has 8 nitrogen and oxygen atoms in total. The number of nitrogens with one attached hydrogen (secondary N) is 1. The number of nitrogens with zero attached hydrogens (tertiary/aromatic N) is 3. The highest BCUT2D eigenvalue weighted by atomic mass is 32.1. The smallest absolute Gasteiger partial charge is 0.411 e. The lowest BCUT2D eigenvalue weighted by Crippen LogP contribution is -2.55. The van der Waals surface area contributed by atoms with Crippen LogP contribution in [0.15, 0.2) is 29.6 Å². The minimum atomic E-state index is -0.706. The molecule has 3 aliphatic rings. The van der Waals surface area contributed by atoms with Gasteiger partial charge in [0.15, 0.2) is 0 Å². The van der Waals surface area contributed by atoms with Crippen LogP contribution < -0.4 is 10.2 Å². The van der Waals surface area contributed by atoms with E-state index >= 15 is 0 Å². The number of piperidine rings is 1. The number of nitriles is 1. The van der Waals surface area contributed by atoms with Crippen molar-refractivity contribution >= 4 is 34.9 Å². The van der Waals surface area contributed by atoms with Crippen molar-refractivity contribution in [2.45, 2.75) is 76.6 Å². The summed E-state index contributed by atoms with van der Waals surface area (Å²) in [7, 11) is 1.79. The van der Waals surface area contributed by atoms with Gasteiger partial charge in [-0.3, -0.25) is 14.5 Å². The molecule has 5 rings (SSSR count). The summed E-state index contributed by atoms with van der Waals surface area (Å²) in [5.41, 5.74) is 3.34. The average Bonchev–Trinajstić information content (AvgIpc) is 3.62. The SMILES string of the molecule is CN1C(=O)Cc2ccc(-c3csc(CC(C#N)NC(=O)C4C5CCC(C5)N4C(=O)OC(C)(C)C)c3)cc21. The minimum absolute atomic E-state index is 0.0117. The first-order valence-corrected chi connectivity index (χ1v) is 13.6. The summed E-state index contributed by atoms with van der Waals surface area (Å²) in [6, 6.07) is 8.99. The van der Waals surface area contributed by atoms with E-state index in [0.717, 1.165) is 46.5 Å². The number of hydrogen-bond donors (Lipinski definition) is 1. The lowest BCUT2D eigenvalue weighted by atomic mass is 9.97. The molecule has 0 spiro atoms. The van der Waals surface area contributed by atoms with Crippen LogP contribution in [0.2, 0.25) is 0 Å². The molecule has 194 valence electrons.